The van der Waals surface area contributed by atoms with E-state index in [1.807, 2.05) is 54.8 Å². The molecule has 4 rings (SSSR count). The van der Waals surface area contributed by atoms with Crippen molar-refractivity contribution in [2.45, 2.75) is 13.5 Å². The standard InChI is InChI=1S/C24H19BrN4O3S/c1-15-5-2-7-17(11-15)23(30)27-20(13-19-9-4-10-33-19)24(31)26-14-21-28-22(29-32-21)16-6-3-8-18(25)12-16/h2-13H,14H2,1H3,(H,26,31)(H,27,30)/b20-13-. The van der Waals surface area contributed by atoms with Crippen LogP contribution in [0.3, 0.4) is 0 Å². The van der Waals surface area contributed by atoms with E-state index >= 15 is 0 Å². The topological polar surface area (TPSA) is 97.1 Å². The average molecular weight is 523 g/mol. The van der Waals surface area contributed by atoms with Crippen molar-refractivity contribution in [3.63, 3.8) is 0 Å². The maximum absolute atomic E-state index is 12.9. The molecule has 2 heterocycles. The number of thiophene rings is 1. The zero-order valence-corrected chi connectivity index (χ0v) is 19.9. The van der Waals surface area contributed by atoms with Gasteiger partial charge >= 0.3 is 0 Å². The first-order valence-corrected chi connectivity index (χ1v) is 11.6. The molecule has 2 N–H and O–H groups in total. The summed E-state index contributed by atoms with van der Waals surface area (Å²) in [5.41, 5.74) is 2.33. The third-order valence-electron chi connectivity index (χ3n) is 4.55. The Bertz CT molecular complexity index is 1310. The van der Waals surface area contributed by atoms with Crippen LogP contribution in [-0.4, -0.2) is 22.0 Å². The number of carbonyl (C=O) groups is 2. The molecular weight excluding hydrogens is 504 g/mol. The second kappa shape index (κ2) is 10.4. The van der Waals surface area contributed by atoms with Gasteiger partial charge < -0.3 is 15.2 Å². The quantitative estimate of drug-likeness (QED) is 0.334. The van der Waals surface area contributed by atoms with Gasteiger partial charge in [0.2, 0.25) is 11.7 Å². The van der Waals surface area contributed by atoms with Crippen molar-refractivity contribution >= 4 is 45.2 Å². The van der Waals surface area contributed by atoms with E-state index in [4.69, 9.17) is 4.52 Å². The largest absolute Gasteiger partial charge is 0.342 e. The van der Waals surface area contributed by atoms with E-state index < -0.39 is 5.91 Å². The summed E-state index contributed by atoms with van der Waals surface area (Å²) in [6, 6.07) is 18.4. The summed E-state index contributed by atoms with van der Waals surface area (Å²) in [5, 5.41) is 11.3. The Hall–Kier alpha value is -3.56. The van der Waals surface area contributed by atoms with Crippen LogP contribution in [0.15, 0.2) is 80.7 Å². The van der Waals surface area contributed by atoms with Crippen LogP contribution in [0.2, 0.25) is 0 Å². The molecule has 9 heteroatoms. The summed E-state index contributed by atoms with van der Waals surface area (Å²) < 4.78 is 6.16. The van der Waals surface area contributed by atoms with Gasteiger partial charge in [-0.3, -0.25) is 9.59 Å². The number of hydrogen-bond donors (Lipinski definition) is 2. The van der Waals surface area contributed by atoms with Gasteiger partial charge in [-0.2, -0.15) is 4.98 Å². The third-order valence-corrected chi connectivity index (χ3v) is 5.87. The minimum Gasteiger partial charge on any atom is -0.342 e. The lowest BCUT2D eigenvalue weighted by atomic mass is 10.1. The normalized spacial score (nSPS) is 11.3. The second-order valence-corrected chi connectivity index (χ2v) is 9.00. The van der Waals surface area contributed by atoms with E-state index in [0.717, 1.165) is 20.5 Å². The van der Waals surface area contributed by atoms with Gasteiger partial charge in [0.25, 0.3) is 11.8 Å². The minimum atomic E-state index is -0.466. The molecule has 2 aromatic heterocycles. The zero-order chi connectivity index (χ0) is 23.2. The summed E-state index contributed by atoms with van der Waals surface area (Å²) in [5.74, 6) is -0.167. The van der Waals surface area contributed by atoms with Crippen LogP contribution >= 0.6 is 27.3 Å². The van der Waals surface area contributed by atoms with Crippen molar-refractivity contribution in [3.8, 4) is 11.4 Å². The smallest absolute Gasteiger partial charge is 0.268 e. The predicted molar refractivity (Wildman–Crippen MR) is 130 cm³/mol. The van der Waals surface area contributed by atoms with Crippen LogP contribution in [0.1, 0.15) is 26.7 Å². The van der Waals surface area contributed by atoms with Gasteiger partial charge in [0.05, 0.1) is 6.54 Å². The molecule has 0 aliphatic rings. The second-order valence-electron chi connectivity index (χ2n) is 7.10. The number of aromatic nitrogens is 2. The van der Waals surface area contributed by atoms with Crippen LogP contribution in [0.25, 0.3) is 17.5 Å². The summed E-state index contributed by atoms with van der Waals surface area (Å²) >= 11 is 4.87. The molecule has 0 bridgehead atoms. The molecule has 4 aromatic rings. The highest BCUT2D eigenvalue weighted by Gasteiger charge is 2.17. The van der Waals surface area contributed by atoms with E-state index in [9.17, 15) is 9.59 Å². The lowest BCUT2D eigenvalue weighted by Gasteiger charge is -2.10. The number of rotatable bonds is 7. The van der Waals surface area contributed by atoms with Crippen LogP contribution in [-0.2, 0) is 11.3 Å². The molecule has 0 radical (unpaired) electrons. The molecule has 166 valence electrons. The number of carbonyl (C=O) groups excluding carboxylic acids is 2. The first kappa shape index (κ1) is 22.6. The number of nitrogens with zero attached hydrogens (tertiary/aromatic N) is 2. The van der Waals surface area contributed by atoms with Crippen molar-refractivity contribution < 1.29 is 14.1 Å². The van der Waals surface area contributed by atoms with Crippen LogP contribution < -0.4 is 10.6 Å². The first-order chi connectivity index (χ1) is 16.0. The highest BCUT2D eigenvalue weighted by atomic mass is 79.9. The molecule has 7 nitrogen and oxygen atoms in total. The Morgan fingerprint density at radius 3 is 2.73 bits per heavy atom. The molecular formula is C24H19BrN4O3S. The molecule has 0 saturated heterocycles. The van der Waals surface area contributed by atoms with Crippen molar-refractivity contribution in [2.75, 3.05) is 0 Å². The fourth-order valence-electron chi connectivity index (χ4n) is 2.98. The van der Waals surface area contributed by atoms with E-state index in [0.29, 0.717) is 11.4 Å². The number of hydrogen-bond acceptors (Lipinski definition) is 6. The molecule has 0 atom stereocenters. The van der Waals surface area contributed by atoms with Gasteiger partial charge in [0, 0.05) is 20.5 Å². The Labute approximate surface area is 202 Å². The molecule has 0 saturated carbocycles. The zero-order valence-electron chi connectivity index (χ0n) is 17.5. The van der Waals surface area contributed by atoms with Crippen molar-refractivity contribution in [1.82, 2.24) is 20.8 Å². The fourth-order valence-corrected chi connectivity index (χ4v) is 4.03. The monoisotopic (exact) mass is 522 g/mol. The van der Waals surface area contributed by atoms with Gasteiger partial charge in [0.1, 0.15) is 5.70 Å². The minimum absolute atomic E-state index is 0.0158. The van der Waals surface area contributed by atoms with E-state index in [-0.39, 0.29) is 24.0 Å². The summed E-state index contributed by atoms with van der Waals surface area (Å²) in [6.07, 6.45) is 1.63. The fraction of sp³-hybridized carbons (Fsp3) is 0.0833. The van der Waals surface area contributed by atoms with Crippen LogP contribution in [0, 0.1) is 6.92 Å². The van der Waals surface area contributed by atoms with Gasteiger partial charge in [-0.05, 0) is 48.7 Å². The molecule has 2 amide bonds. The lowest BCUT2D eigenvalue weighted by Crippen LogP contribution is -2.34. The average Bonchev–Trinajstić information content (AvgIpc) is 3.49. The van der Waals surface area contributed by atoms with E-state index in [1.165, 1.54) is 11.3 Å². The summed E-state index contributed by atoms with van der Waals surface area (Å²) in [7, 11) is 0. The molecule has 0 fully saturated rings. The molecule has 0 aliphatic carbocycles. The van der Waals surface area contributed by atoms with E-state index in [2.05, 4.69) is 36.7 Å². The first-order valence-electron chi connectivity index (χ1n) is 9.98. The van der Waals surface area contributed by atoms with Gasteiger partial charge in [0.15, 0.2) is 0 Å². The Kier molecular flexibility index (Phi) is 7.11. The molecule has 33 heavy (non-hydrogen) atoms. The number of benzene rings is 2. The van der Waals surface area contributed by atoms with E-state index in [1.54, 1.807) is 24.3 Å². The summed E-state index contributed by atoms with van der Waals surface area (Å²) in [6.45, 7) is 1.92. The van der Waals surface area contributed by atoms with Crippen molar-refractivity contribution in [3.05, 3.63) is 98.1 Å². The highest BCUT2D eigenvalue weighted by molar-refractivity contribution is 9.10. The Morgan fingerprint density at radius 1 is 1.12 bits per heavy atom. The third kappa shape index (κ3) is 6.03. The number of aryl methyl sites for hydroxylation is 1. The van der Waals surface area contributed by atoms with Crippen molar-refractivity contribution in [2.24, 2.45) is 0 Å². The summed E-state index contributed by atoms with van der Waals surface area (Å²) in [4.78, 5) is 30.8. The maximum atomic E-state index is 12.9. The highest BCUT2D eigenvalue weighted by Crippen LogP contribution is 2.20. The molecule has 0 aliphatic heterocycles. The molecule has 0 spiro atoms. The van der Waals surface area contributed by atoms with Gasteiger partial charge in [-0.1, -0.05) is 57.0 Å². The van der Waals surface area contributed by atoms with Crippen molar-refractivity contribution in [1.29, 1.82) is 0 Å². The van der Waals surface area contributed by atoms with Gasteiger partial charge in [-0.15, -0.1) is 11.3 Å². The Morgan fingerprint density at radius 2 is 1.97 bits per heavy atom. The van der Waals surface area contributed by atoms with Crippen LogP contribution in [0.4, 0.5) is 0 Å². The van der Waals surface area contributed by atoms with Crippen LogP contribution in [0.5, 0.6) is 0 Å². The molecule has 0 unspecified atom stereocenters. The molecule has 2 aromatic carbocycles. The maximum Gasteiger partial charge on any atom is 0.268 e. The Balaban J connectivity index is 1.47. The lowest BCUT2D eigenvalue weighted by molar-refractivity contribution is -0.118. The SMILES string of the molecule is Cc1cccc(C(=O)N/C(=C\c2cccs2)C(=O)NCc2nc(-c3cccc(Br)c3)no2)c1. The number of nitrogens with one attached hydrogen (secondary N) is 2. The number of amides is 2. The van der Waals surface area contributed by atoms with Gasteiger partial charge in [-0.25, -0.2) is 0 Å². The number of halogens is 1. The predicted octanol–water partition coefficient (Wildman–Crippen LogP) is 4.96.